The van der Waals surface area contributed by atoms with Crippen LogP contribution in [-0.2, 0) is 11.3 Å². The average Bonchev–Trinajstić information content (AvgIpc) is 2.74. The third kappa shape index (κ3) is 5.31. The van der Waals surface area contributed by atoms with Gasteiger partial charge in [-0.05, 0) is 42.7 Å². The van der Waals surface area contributed by atoms with E-state index in [0.717, 1.165) is 5.56 Å². The van der Waals surface area contributed by atoms with Gasteiger partial charge in [0.15, 0.2) is 0 Å². The Bertz CT molecular complexity index is 918. The predicted octanol–water partition coefficient (Wildman–Crippen LogP) is 2.48. The summed E-state index contributed by atoms with van der Waals surface area (Å²) in [5, 5.41) is 5.39. The lowest BCUT2D eigenvalue weighted by Crippen LogP contribution is -2.46. The topological polar surface area (TPSA) is 105 Å². The Balaban J connectivity index is 1.55. The summed E-state index contributed by atoms with van der Waals surface area (Å²) in [6.07, 6.45) is 1.34. The molecule has 152 valence electrons. The first-order valence-electron chi connectivity index (χ1n) is 9.41. The van der Waals surface area contributed by atoms with Crippen molar-refractivity contribution in [3.63, 3.8) is 0 Å². The first-order valence-corrected chi connectivity index (χ1v) is 9.41. The summed E-state index contributed by atoms with van der Waals surface area (Å²) in [5.74, 6) is -1.56. The fourth-order valence-electron chi connectivity index (χ4n) is 3.30. The van der Waals surface area contributed by atoms with Gasteiger partial charge in [-0.1, -0.05) is 24.3 Å². The number of anilines is 1. The molecule has 0 bridgehead atoms. The maximum Gasteiger partial charge on any atom is 0.321 e. The van der Waals surface area contributed by atoms with Gasteiger partial charge in [-0.3, -0.25) is 9.59 Å². The van der Waals surface area contributed by atoms with Crippen molar-refractivity contribution in [3.8, 4) is 0 Å². The monoisotopic (exact) mass is 398 g/mol. The molecule has 4 N–H and O–H groups in total. The number of likely N-dealkylation sites (tertiary alicyclic amines) is 1. The van der Waals surface area contributed by atoms with Crippen LogP contribution in [0.1, 0.15) is 28.8 Å². The van der Waals surface area contributed by atoms with Crippen LogP contribution in [0.3, 0.4) is 0 Å². The highest BCUT2D eigenvalue weighted by Crippen LogP contribution is 2.19. The molecule has 1 fully saturated rings. The number of amides is 4. The zero-order chi connectivity index (χ0) is 20.8. The van der Waals surface area contributed by atoms with Crippen molar-refractivity contribution in [2.75, 3.05) is 18.4 Å². The van der Waals surface area contributed by atoms with Crippen LogP contribution >= 0.6 is 0 Å². The summed E-state index contributed by atoms with van der Waals surface area (Å²) in [6.45, 7) is 1.02. The van der Waals surface area contributed by atoms with Crippen molar-refractivity contribution in [1.82, 2.24) is 10.2 Å². The number of nitrogens with one attached hydrogen (secondary N) is 2. The highest BCUT2D eigenvalue weighted by atomic mass is 19.1. The van der Waals surface area contributed by atoms with Crippen LogP contribution in [0.4, 0.5) is 14.9 Å². The number of nitrogens with zero attached hydrogens (tertiary/aromatic N) is 1. The lowest BCUT2D eigenvalue weighted by Gasteiger charge is -2.32. The molecular formula is C21H23FN4O3. The molecule has 0 spiro atoms. The van der Waals surface area contributed by atoms with Crippen molar-refractivity contribution in [1.29, 1.82) is 0 Å². The van der Waals surface area contributed by atoms with E-state index >= 15 is 0 Å². The molecule has 0 radical (unpaired) electrons. The normalized spacial score (nSPS) is 16.2. The SMILES string of the molecule is NC(=O)c1cccc(CNC(=O)C2CCCN(C(=O)Nc3ccccc3F)C2)c1. The number of benzene rings is 2. The largest absolute Gasteiger partial charge is 0.366 e. The number of hydrogen-bond donors (Lipinski definition) is 3. The van der Waals surface area contributed by atoms with Gasteiger partial charge in [0.05, 0.1) is 11.6 Å². The number of piperidine rings is 1. The van der Waals surface area contributed by atoms with Gasteiger partial charge in [0.1, 0.15) is 5.82 Å². The number of hydrogen-bond acceptors (Lipinski definition) is 3. The zero-order valence-corrected chi connectivity index (χ0v) is 15.9. The minimum absolute atomic E-state index is 0.110. The van der Waals surface area contributed by atoms with E-state index in [1.165, 1.54) is 17.0 Å². The summed E-state index contributed by atoms with van der Waals surface area (Å²) >= 11 is 0. The van der Waals surface area contributed by atoms with E-state index in [4.69, 9.17) is 5.73 Å². The Labute approximate surface area is 168 Å². The predicted molar refractivity (Wildman–Crippen MR) is 107 cm³/mol. The highest BCUT2D eigenvalue weighted by Gasteiger charge is 2.28. The van der Waals surface area contributed by atoms with Crippen LogP contribution in [0, 0.1) is 11.7 Å². The fourth-order valence-corrected chi connectivity index (χ4v) is 3.30. The fraction of sp³-hybridized carbons (Fsp3) is 0.286. The number of primary amides is 1. The van der Waals surface area contributed by atoms with Crippen LogP contribution < -0.4 is 16.4 Å². The number of urea groups is 1. The molecule has 2 aromatic rings. The Morgan fingerprint density at radius 1 is 1.14 bits per heavy atom. The van der Waals surface area contributed by atoms with E-state index in [1.807, 2.05) is 0 Å². The minimum Gasteiger partial charge on any atom is -0.366 e. The van der Waals surface area contributed by atoms with Crippen molar-refractivity contribution in [2.24, 2.45) is 11.7 Å². The third-order valence-corrected chi connectivity index (χ3v) is 4.87. The number of carbonyl (C=O) groups is 3. The van der Waals surface area contributed by atoms with E-state index in [0.29, 0.717) is 24.9 Å². The number of halogens is 1. The van der Waals surface area contributed by atoms with Crippen molar-refractivity contribution in [3.05, 3.63) is 65.5 Å². The number of nitrogens with two attached hydrogens (primary N) is 1. The van der Waals surface area contributed by atoms with Gasteiger partial charge in [-0.15, -0.1) is 0 Å². The van der Waals surface area contributed by atoms with Gasteiger partial charge in [-0.2, -0.15) is 0 Å². The molecule has 1 aliphatic heterocycles. The van der Waals surface area contributed by atoms with Gasteiger partial charge in [-0.25, -0.2) is 9.18 Å². The summed E-state index contributed by atoms with van der Waals surface area (Å²) in [6, 6.07) is 12.3. The molecule has 1 aliphatic rings. The number of para-hydroxylation sites is 1. The van der Waals surface area contributed by atoms with Gasteiger partial charge >= 0.3 is 6.03 Å². The molecule has 1 atom stereocenters. The lowest BCUT2D eigenvalue weighted by atomic mass is 9.97. The molecule has 8 heteroatoms. The molecule has 0 aliphatic carbocycles. The maximum atomic E-state index is 13.7. The van der Waals surface area contributed by atoms with Crippen LogP contribution in [0.25, 0.3) is 0 Å². The molecule has 7 nitrogen and oxygen atoms in total. The second-order valence-electron chi connectivity index (χ2n) is 6.98. The first-order chi connectivity index (χ1) is 13.9. The van der Waals surface area contributed by atoms with Crippen LogP contribution in [0.5, 0.6) is 0 Å². The second-order valence-corrected chi connectivity index (χ2v) is 6.98. The van der Waals surface area contributed by atoms with Gasteiger partial charge < -0.3 is 21.3 Å². The summed E-state index contributed by atoms with van der Waals surface area (Å²) in [7, 11) is 0. The number of carbonyl (C=O) groups excluding carboxylic acids is 3. The summed E-state index contributed by atoms with van der Waals surface area (Å²) in [4.78, 5) is 37.8. The van der Waals surface area contributed by atoms with Crippen LogP contribution in [0.15, 0.2) is 48.5 Å². The second kappa shape index (κ2) is 9.18. The Kier molecular flexibility index (Phi) is 6.43. The minimum atomic E-state index is -0.526. The van der Waals surface area contributed by atoms with E-state index in [1.54, 1.807) is 36.4 Å². The number of rotatable bonds is 5. The maximum absolute atomic E-state index is 13.7. The van der Waals surface area contributed by atoms with Crippen molar-refractivity contribution < 1.29 is 18.8 Å². The Hall–Kier alpha value is -3.42. The summed E-state index contributed by atoms with van der Waals surface area (Å²) < 4.78 is 13.7. The van der Waals surface area contributed by atoms with Gasteiger partial charge in [0, 0.05) is 25.2 Å². The first kappa shape index (κ1) is 20.3. The van der Waals surface area contributed by atoms with E-state index in [2.05, 4.69) is 10.6 Å². The van der Waals surface area contributed by atoms with E-state index < -0.39 is 17.8 Å². The van der Waals surface area contributed by atoms with E-state index in [-0.39, 0.29) is 30.6 Å². The molecule has 3 rings (SSSR count). The standard InChI is InChI=1S/C21H23FN4O3/c22-17-8-1-2-9-18(17)25-21(29)26-10-4-7-16(13-26)20(28)24-12-14-5-3-6-15(11-14)19(23)27/h1-3,5-6,8-9,11,16H,4,7,10,12-13H2,(H2,23,27)(H,24,28)(H,25,29). The Morgan fingerprint density at radius 2 is 1.93 bits per heavy atom. The third-order valence-electron chi connectivity index (χ3n) is 4.87. The summed E-state index contributed by atoms with van der Waals surface area (Å²) in [5.41, 5.74) is 6.52. The average molecular weight is 398 g/mol. The molecule has 29 heavy (non-hydrogen) atoms. The smallest absolute Gasteiger partial charge is 0.321 e. The molecule has 4 amide bonds. The Morgan fingerprint density at radius 3 is 2.69 bits per heavy atom. The molecule has 1 unspecified atom stereocenters. The van der Waals surface area contributed by atoms with Gasteiger partial charge in [0.25, 0.3) is 0 Å². The van der Waals surface area contributed by atoms with Crippen molar-refractivity contribution in [2.45, 2.75) is 19.4 Å². The van der Waals surface area contributed by atoms with Gasteiger partial charge in [0.2, 0.25) is 11.8 Å². The molecule has 0 aromatic heterocycles. The van der Waals surface area contributed by atoms with E-state index in [9.17, 15) is 18.8 Å². The molecular weight excluding hydrogens is 375 g/mol. The zero-order valence-electron chi connectivity index (χ0n) is 15.9. The van der Waals surface area contributed by atoms with Crippen molar-refractivity contribution >= 4 is 23.5 Å². The lowest BCUT2D eigenvalue weighted by molar-refractivity contribution is -0.126. The molecule has 0 saturated carbocycles. The van der Waals surface area contributed by atoms with Crippen LogP contribution in [0.2, 0.25) is 0 Å². The van der Waals surface area contributed by atoms with Crippen LogP contribution in [-0.4, -0.2) is 35.8 Å². The highest BCUT2D eigenvalue weighted by molar-refractivity contribution is 5.93. The molecule has 1 saturated heterocycles. The quantitative estimate of drug-likeness (QED) is 0.721. The molecule has 2 aromatic carbocycles. The molecule has 1 heterocycles.